The van der Waals surface area contributed by atoms with Gasteiger partial charge in [-0.15, -0.1) is 0 Å². The fourth-order valence-corrected chi connectivity index (χ4v) is 6.61. The second kappa shape index (κ2) is 5.93. The molecule has 0 aromatic heterocycles. The molecule has 4 aliphatic rings. The van der Waals surface area contributed by atoms with E-state index < -0.39 is 35.2 Å². The van der Waals surface area contributed by atoms with Crippen molar-refractivity contribution >= 4 is 17.6 Å². The van der Waals surface area contributed by atoms with E-state index >= 15 is 0 Å². The molecule has 29 heavy (non-hydrogen) atoms. The highest BCUT2D eigenvalue weighted by Crippen LogP contribution is 2.67. The predicted octanol–water partition coefficient (Wildman–Crippen LogP) is 0.451. The normalized spacial score (nSPS) is 38.4. The van der Waals surface area contributed by atoms with Gasteiger partial charge in [-0.25, -0.2) is 0 Å². The first-order chi connectivity index (χ1) is 13.8. The number of rotatable bonds is 3. The third kappa shape index (κ3) is 1.95. The molecule has 8 heteroatoms. The van der Waals surface area contributed by atoms with Crippen LogP contribution in [0.5, 0.6) is 5.75 Å². The number of benzene rings is 1. The average molecular weight is 402 g/mol. The van der Waals surface area contributed by atoms with E-state index in [1.54, 1.807) is 24.0 Å². The van der Waals surface area contributed by atoms with Gasteiger partial charge in [-0.05, 0) is 25.3 Å². The second-order valence-corrected chi connectivity index (χ2v) is 8.64. The zero-order chi connectivity index (χ0) is 20.7. The molecule has 4 heterocycles. The van der Waals surface area contributed by atoms with Crippen molar-refractivity contribution in [3.8, 4) is 5.75 Å². The van der Waals surface area contributed by atoms with Crippen molar-refractivity contribution in [2.45, 2.75) is 37.1 Å². The van der Waals surface area contributed by atoms with Gasteiger partial charge in [0.1, 0.15) is 22.9 Å². The topological polar surface area (TPSA) is 99.5 Å². The lowest BCUT2D eigenvalue weighted by Crippen LogP contribution is -2.78. The zero-order valence-electron chi connectivity index (χ0n) is 16.8. The summed E-state index contributed by atoms with van der Waals surface area (Å²) in [4.78, 5) is 30.3. The number of ether oxygens (including phenoxy) is 2. The van der Waals surface area contributed by atoms with Gasteiger partial charge in [-0.3, -0.25) is 19.4 Å². The van der Waals surface area contributed by atoms with E-state index in [1.165, 1.54) is 14.2 Å². The molecular formula is C21H26N2O6. The van der Waals surface area contributed by atoms with Crippen LogP contribution in [0.15, 0.2) is 18.2 Å². The van der Waals surface area contributed by atoms with Crippen LogP contribution < -0.4 is 9.64 Å². The van der Waals surface area contributed by atoms with Crippen LogP contribution >= 0.6 is 0 Å². The van der Waals surface area contributed by atoms with Gasteiger partial charge in [-0.1, -0.05) is 12.1 Å². The van der Waals surface area contributed by atoms with E-state index in [1.807, 2.05) is 11.0 Å². The summed E-state index contributed by atoms with van der Waals surface area (Å²) in [7, 11) is 2.86. The molecule has 2 N–H and O–H groups in total. The highest BCUT2D eigenvalue weighted by atomic mass is 16.5. The monoisotopic (exact) mass is 402 g/mol. The summed E-state index contributed by atoms with van der Waals surface area (Å²) < 4.78 is 10.7. The standard InChI is InChI=1S/C21H26N2O6/c1-11(24)13-10-22-8-7-20(27)14-5-4-6-15(28-2)18(14)23-16(25)9-12(13)17(19(26)29-3)21(20,22)23/h4-6,11-13,17,24,27H,7-10H2,1-3H3/t11-,12-,13-,17?,20-,21-/m0/s1. The summed E-state index contributed by atoms with van der Waals surface area (Å²) in [6, 6.07) is 5.37. The Bertz CT molecular complexity index is 903. The molecule has 2 bridgehead atoms. The van der Waals surface area contributed by atoms with Crippen LogP contribution in [-0.4, -0.2) is 66.1 Å². The molecule has 3 saturated heterocycles. The maximum Gasteiger partial charge on any atom is 0.312 e. The second-order valence-electron chi connectivity index (χ2n) is 8.64. The number of nitrogens with zero attached hydrogens (tertiary/aromatic N) is 2. The van der Waals surface area contributed by atoms with Gasteiger partial charge in [-0.2, -0.15) is 0 Å². The van der Waals surface area contributed by atoms with E-state index in [4.69, 9.17) is 9.47 Å². The highest BCUT2D eigenvalue weighted by molar-refractivity contribution is 6.03. The van der Waals surface area contributed by atoms with Crippen LogP contribution in [0, 0.1) is 17.8 Å². The number of carbonyl (C=O) groups excluding carboxylic acids is 2. The van der Waals surface area contributed by atoms with Crippen molar-refractivity contribution < 1.29 is 29.3 Å². The molecule has 8 nitrogen and oxygen atoms in total. The summed E-state index contributed by atoms with van der Waals surface area (Å²) in [5.41, 5.74) is -1.54. The number of anilines is 1. The molecule has 0 radical (unpaired) electrons. The van der Waals surface area contributed by atoms with E-state index in [9.17, 15) is 19.8 Å². The van der Waals surface area contributed by atoms with Crippen molar-refractivity contribution in [3.05, 3.63) is 23.8 Å². The Morgan fingerprint density at radius 3 is 2.76 bits per heavy atom. The first kappa shape index (κ1) is 18.8. The summed E-state index contributed by atoms with van der Waals surface area (Å²) in [5.74, 6) is -1.59. The minimum atomic E-state index is -1.42. The van der Waals surface area contributed by atoms with Crippen LogP contribution in [0.2, 0.25) is 0 Å². The summed E-state index contributed by atoms with van der Waals surface area (Å²) in [6.45, 7) is 2.71. The van der Waals surface area contributed by atoms with Crippen molar-refractivity contribution in [2.24, 2.45) is 17.8 Å². The number of esters is 1. The van der Waals surface area contributed by atoms with Crippen LogP contribution in [0.1, 0.15) is 25.3 Å². The van der Waals surface area contributed by atoms with Crippen molar-refractivity contribution in [2.75, 3.05) is 32.2 Å². The third-order valence-corrected chi connectivity index (χ3v) is 7.64. The molecule has 1 amide bonds. The predicted molar refractivity (Wildman–Crippen MR) is 102 cm³/mol. The Labute approximate surface area is 169 Å². The number of methoxy groups -OCH3 is 2. The Kier molecular flexibility index (Phi) is 3.85. The first-order valence-corrected chi connectivity index (χ1v) is 10.1. The summed E-state index contributed by atoms with van der Waals surface area (Å²) in [6.07, 6.45) is -0.196. The van der Waals surface area contributed by atoms with Crippen LogP contribution in [0.4, 0.5) is 5.69 Å². The molecule has 156 valence electrons. The molecule has 1 unspecified atom stereocenters. The van der Waals surface area contributed by atoms with Crippen LogP contribution in [0.25, 0.3) is 0 Å². The fraction of sp³-hybridized carbons (Fsp3) is 0.619. The number of aliphatic hydroxyl groups is 2. The molecule has 5 rings (SSSR count). The van der Waals surface area contributed by atoms with Crippen LogP contribution in [0.3, 0.4) is 0 Å². The van der Waals surface area contributed by atoms with Gasteiger partial charge in [0.2, 0.25) is 5.91 Å². The minimum Gasteiger partial charge on any atom is -0.495 e. The van der Waals surface area contributed by atoms with Crippen LogP contribution in [-0.2, 0) is 19.9 Å². The molecule has 1 spiro atoms. The highest BCUT2D eigenvalue weighted by Gasteiger charge is 2.79. The smallest absolute Gasteiger partial charge is 0.312 e. The van der Waals surface area contributed by atoms with Gasteiger partial charge >= 0.3 is 5.97 Å². The largest absolute Gasteiger partial charge is 0.495 e. The van der Waals surface area contributed by atoms with Gasteiger partial charge in [0.25, 0.3) is 0 Å². The van der Waals surface area contributed by atoms with Gasteiger partial charge in [0, 0.05) is 31.0 Å². The summed E-state index contributed by atoms with van der Waals surface area (Å²) in [5, 5.41) is 22.6. The number of amides is 1. The van der Waals surface area contributed by atoms with E-state index in [0.717, 1.165) is 0 Å². The van der Waals surface area contributed by atoms with Crippen molar-refractivity contribution in [1.29, 1.82) is 0 Å². The molecule has 4 aliphatic heterocycles. The van der Waals surface area contributed by atoms with Gasteiger partial charge < -0.3 is 19.7 Å². The Morgan fingerprint density at radius 2 is 2.10 bits per heavy atom. The van der Waals surface area contributed by atoms with E-state index in [2.05, 4.69) is 0 Å². The lowest BCUT2D eigenvalue weighted by Gasteiger charge is -2.61. The number of hydrogen-bond acceptors (Lipinski definition) is 7. The van der Waals surface area contributed by atoms with E-state index in [0.29, 0.717) is 36.5 Å². The molecule has 6 atom stereocenters. The number of fused-ring (bicyclic) bond motifs is 4. The Balaban J connectivity index is 1.82. The van der Waals surface area contributed by atoms with Crippen molar-refractivity contribution in [1.82, 2.24) is 4.90 Å². The number of para-hydroxylation sites is 1. The Hall–Kier alpha value is -2.16. The third-order valence-electron chi connectivity index (χ3n) is 7.64. The van der Waals surface area contributed by atoms with Gasteiger partial charge in [0.15, 0.2) is 0 Å². The summed E-state index contributed by atoms with van der Waals surface area (Å²) >= 11 is 0. The molecular weight excluding hydrogens is 376 g/mol. The molecule has 3 fully saturated rings. The lowest BCUT2D eigenvalue weighted by molar-refractivity contribution is -0.194. The lowest BCUT2D eigenvalue weighted by atomic mass is 9.61. The first-order valence-electron chi connectivity index (χ1n) is 10.1. The number of aliphatic hydroxyl groups excluding tert-OH is 1. The Morgan fingerprint density at radius 1 is 1.34 bits per heavy atom. The SMILES string of the molecule is COC(=O)C1[C@H]2CC(=O)N3c4c(OC)cccc4[C@@]4(O)CCN(C[C@H]2[C@H](C)O)[C@@]134. The number of carbonyl (C=O) groups is 2. The minimum absolute atomic E-state index is 0.110. The molecule has 1 aromatic carbocycles. The maximum atomic E-state index is 13.5. The van der Waals surface area contributed by atoms with E-state index in [-0.39, 0.29) is 18.2 Å². The average Bonchev–Trinajstić information content (AvgIpc) is 3.10. The number of hydrogen-bond donors (Lipinski definition) is 2. The fourth-order valence-electron chi connectivity index (χ4n) is 6.61. The molecule has 0 aliphatic carbocycles. The maximum absolute atomic E-state index is 13.5. The quantitative estimate of drug-likeness (QED) is 0.708. The van der Waals surface area contributed by atoms with Gasteiger partial charge in [0.05, 0.1) is 26.0 Å². The number of piperidine rings is 2. The zero-order valence-corrected chi connectivity index (χ0v) is 16.8. The van der Waals surface area contributed by atoms with Crippen molar-refractivity contribution in [3.63, 3.8) is 0 Å². The molecule has 1 aromatic rings. The molecule has 0 saturated carbocycles.